The summed E-state index contributed by atoms with van der Waals surface area (Å²) in [4.78, 5) is 3.78. The fraction of sp³-hybridized carbons (Fsp3) is 0.600. The van der Waals surface area contributed by atoms with Gasteiger partial charge in [-0.3, -0.25) is 4.90 Å². The van der Waals surface area contributed by atoms with E-state index in [0.29, 0.717) is 18.0 Å². The van der Waals surface area contributed by atoms with Gasteiger partial charge in [-0.2, -0.15) is 0 Å². The summed E-state index contributed by atoms with van der Waals surface area (Å²) in [6.07, 6.45) is 0.342. The van der Waals surface area contributed by atoms with Crippen molar-refractivity contribution in [1.82, 2.24) is 4.90 Å². The molecular weight excluding hydrogens is 278 g/mol. The number of morpholine rings is 1. The Labute approximate surface area is 125 Å². The zero-order chi connectivity index (χ0) is 13.7. The topological polar surface area (TPSA) is 12.5 Å². The average molecular weight is 300 g/mol. The standard InChI is InChI=1S/C15H22ClNOS/c1-12(2)17-7-8-18-14(10-17)11-19-15-5-3-13(9-16)4-6-15/h3-6,12,14H,7-11H2,1-2H3. The number of ether oxygens (including phenoxy) is 1. The van der Waals surface area contributed by atoms with E-state index < -0.39 is 0 Å². The fourth-order valence-electron chi connectivity index (χ4n) is 2.18. The summed E-state index contributed by atoms with van der Waals surface area (Å²) >= 11 is 7.66. The Morgan fingerprint density at radius 3 is 2.74 bits per heavy atom. The molecule has 0 bridgehead atoms. The SMILES string of the molecule is CC(C)N1CCOC(CSc2ccc(CCl)cc2)C1. The predicted molar refractivity (Wildman–Crippen MR) is 83.2 cm³/mol. The van der Waals surface area contributed by atoms with E-state index in [0.717, 1.165) is 25.4 Å². The van der Waals surface area contributed by atoms with Crippen molar-refractivity contribution in [3.63, 3.8) is 0 Å². The second-order valence-corrected chi connectivity index (χ2v) is 6.53. The van der Waals surface area contributed by atoms with Gasteiger partial charge in [-0.1, -0.05) is 12.1 Å². The Balaban J connectivity index is 1.80. The summed E-state index contributed by atoms with van der Waals surface area (Å²) in [5.74, 6) is 1.60. The van der Waals surface area contributed by atoms with Crippen molar-refractivity contribution in [3.05, 3.63) is 29.8 Å². The molecule has 1 aliphatic heterocycles. The van der Waals surface area contributed by atoms with E-state index in [1.165, 1.54) is 10.5 Å². The van der Waals surface area contributed by atoms with E-state index in [4.69, 9.17) is 16.3 Å². The summed E-state index contributed by atoms with van der Waals surface area (Å²) < 4.78 is 5.84. The van der Waals surface area contributed by atoms with Crippen LogP contribution in [0, 0.1) is 0 Å². The summed E-state index contributed by atoms with van der Waals surface area (Å²) in [5, 5.41) is 0. The lowest BCUT2D eigenvalue weighted by Crippen LogP contribution is -2.46. The Hall–Kier alpha value is -0.220. The average Bonchev–Trinajstić information content (AvgIpc) is 2.46. The van der Waals surface area contributed by atoms with Crippen LogP contribution in [0.15, 0.2) is 29.2 Å². The van der Waals surface area contributed by atoms with Gasteiger partial charge in [0.2, 0.25) is 0 Å². The van der Waals surface area contributed by atoms with Crippen molar-refractivity contribution in [1.29, 1.82) is 0 Å². The molecule has 106 valence electrons. The Morgan fingerprint density at radius 2 is 2.11 bits per heavy atom. The first-order valence-corrected chi connectivity index (χ1v) is 8.34. The molecule has 2 rings (SSSR count). The maximum Gasteiger partial charge on any atom is 0.0796 e. The number of halogens is 1. The molecule has 0 N–H and O–H groups in total. The molecule has 2 nitrogen and oxygen atoms in total. The highest BCUT2D eigenvalue weighted by atomic mass is 35.5. The van der Waals surface area contributed by atoms with Crippen molar-refractivity contribution < 1.29 is 4.74 Å². The quantitative estimate of drug-likeness (QED) is 0.608. The van der Waals surface area contributed by atoms with E-state index in [2.05, 4.69) is 43.0 Å². The molecule has 0 radical (unpaired) electrons. The largest absolute Gasteiger partial charge is 0.375 e. The molecule has 0 spiro atoms. The molecule has 0 aromatic heterocycles. The molecule has 1 saturated heterocycles. The number of thioether (sulfide) groups is 1. The van der Waals surface area contributed by atoms with Crippen LogP contribution in [0.5, 0.6) is 0 Å². The van der Waals surface area contributed by atoms with Crippen molar-refractivity contribution in [2.75, 3.05) is 25.4 Å². The van der Waals surface area contributed by atoms with Crippen LogP contribution in [-0.4, -0.2) is 42.5 Å². The van der Waals surface area contributed by atoms with Gasteiger partial charge in [0.05, 0.1) is 12.7 Å². The second kappa shape index (κ2) is 7.53. The predicted octanol–water partition coefficient (Wildman–Crippen LogP) is 3.63. The van der Waals surface area contributed by atoms with Gasteiger partial charge in [-0.25, -0.2) is 0 Å². The van der Waals surface area contributed by atoms with Crippen molar-refractivity contribution in [2.45, 2.75) is 36.8 Å². The fourth-order valence-corrected chi connectivity index (χ4v) is 3.26. The van der Waals surface area contributed by atoms with E-state index in [1.54, 1.807) is 0 Å². The van der Waals surface area contributed by atoms with Gasteiger partial charge in [0, 0.05) is 35.7 Å². The zero-order valence-corrected chi connectivity index (χ0v) is 13.2. The number of hydrogen-bond donors (Lipinski definition) is 0. The molecule has 1 fully saturated rings. The molecular formula is C15H22ClNOS. The highest BCUT2D eigenvalue weighted by molar-refractivity contribution is 7.99. The van der Waals surface area contributed by atoms with Crippen LogP contribution in [-0.2, 0) is 10.6 Å². The lowest BCUT2D eigenvalue weighted by Gasteiger charge is -2.35. The smallest absolute Gasteiger partial charge is 0.0796 e. The van der Waals surface area contributed by atoms with Crippen LogP contribution in [0.1, 0.15) is 19.4 Å². The molecule has 0 amide bonds. The minimum absolute atomic E-state index is 0.342. The van der Waals surface area contributed by atoms with Gasteiger partial charge in [0.25, 0.3) is 0 Å². The zero-order valence-electron chi connectivity index (χ0n) is 11.6. The first-order chi connectivity index (χ1) is 9.19. The van der Waals surface area contributed by atoms with Gasteiger partial charge in [0.1, 0.15) is 0 Å². The first-order valence-electron chi connectivity index (χ1n) is 6.82. The molecule has 0 aliphatic carbocycles. The van der Waals surface area contributed by atoms with Crippen molar-refractivity contribution >= 4 is 23.4 Å². The number of nitrogens with zero attached hydrogens (tertiary/aromatic N) is 1. The molecule has 1 heterocycles. The minimum Gasteiger partial charge on any atom is -0.375 e. The summed E-state index contributed by atoms with van der Waals surface area (Å²) in [6, 6.07) is 9.09. The highest BCUT2D eigenvalue weighted by Crippen LogP contribution is 2.22. The highest BCUT2D eigenvalue weighted by Gasteiger charge is 2.22. The Bertz CT molecular complexity index is 382. The molecule has 1 aromatic rings. The van der Waals surface area contributed by atoms with Gasteiger partial charge < -0.3 is 4.74 Å². The van der Waals surface area contributed by atoms with Gasteiger partial charge >= 0.3 is 0 Å². The monoisotopic (exact) mass is 299 g/mol. The number of alkyl halides is 1. The van der Waals surface area contributed by atoms with Gasteiger partial charge in [-0.05, 0) is 31.5 Å². The third-order valence-electron chi connectivity index (χ3n) is 3.41. The summed E-state index contributed by atoms with van der Waals surface area (Å²) in [5.41, 5.74) is 1.17. The van der Waals surface area contributed by atoms with Crippen LogP contribution in [0.3, 0.4) is 0 Å². The van der Waals surface area contributed by atoms with Crippen LogP contribution in [0.25, 0.3) is 0 Å². The lowest BCUT2D eigenvalue weighted by molar-refractivity contribution is -0.0265. The molecule has 4 heteroatoms. The maximum absolute atomic E-state index is 5.84. The van der Waals surface area contributed by atoms with Gasteiger partial charge in [0.15, 0.2) is 0 Å². The number of hydrogen-bond acceptors (Lipinski definition) is 3. The Morgan fingerprint density at radius 1 is 1.37 bits per heavy atom. The van der Waals surface area contributed by atoms with Crippen molar-refractivity contribution in [3.8, 4) is 0 Å². The molecule has 19 heavy (non-hydrogen) atoms. The van der Waals surface area contributed by atoms with Crippen LogP contribution in [0.2, 0.25) is 0 Å². The second-order valence-electron chi connectivity index (χ2n) is 5.17. The maximum atomic E-state index is 5.84. The molecule has 1 atom stereocenters. The van der Waals surface area contributed by atoms with E-state index in [1.807, 2.05) is 11.8 Å². The van der Waals surface area contributed by atoms with Crippen molar-refractivity contribution in [2.24, 2.45) is 0 Å². The third kappa shape index (κ3) is 4.67. The normalized spacial score (nSPS) is 20.9. The summed E-state index contributed by atoms with van der Waals surface area (Å²) in [6.45, 7) is 7.46. The molecule has 1 aromatic carbocycles. The summed E-state index contributed by atoms with van der Waals surface area (Å²) in [7, 11) is 0. The van der Waals surface area contributed by atoms with Crippen LogP contribution in [0.4, 0.5) is 0 Å². The van der Waals surface area contributed by atoms with Crippen LogP contribution < -0.4 is 0 Å². The minimum atomic E-state index is 0.342. The molecule has 0 saturated carbocycles. The molecule has 1 unspecified atom stereocenters. The van der Waals surface area contributed by atoms with E-state index in [-0.39, 0.29) is 0 Å². The molecule has 1 aliphatic rings. The number of benzene rings is 1. The van der Waals surface area contributed by atoms with E-state index >= 15 is 0 Å². The first kappa shape index (κ1) is 15.2. The van der Waals surface area contributed by atoms with Gasteiger partial charge in [-0.15, -0.1) is 23.4 Å². The lowest BCUT2D eigenvalue weighted by atomic mass is 10.2. The van der Waals surface area contributed by atoms with Crippen LogP contribution >= 0.6 is 23.4 Å². The van der Waals surface area contributed by atoms with E-state index in [9.17, 15) is 0 Å². The number of rotatable bonds is 5. The Kier molecular flexibility index (Phi) is 6.02. The third-order valence-corrected chi connectivity index (χ3v) is 4.87.